The van der Waals surface area contributed by atoms with Crippen molar-refractivity contribution < 1.29 is 41.3 Å². The van der Waals surface area contributed by atoms with Gasteiger partial charge in [-0.1, -0.05) is 31.8 Å². The molecule has 0 amide bonds. The zero-order chi connectivity index (χ0) is 31.5. The molecule has 1 N–H and O–H groups in total. The van der Waals surface area contributed by atoms with Crippen LogP contribution in [0.1, 0.15) is 21.7 Å². The first kappa shape index (κ1) is 31.9. The third kappa shape index (κ3) is 7.07. The highest BCUT2D eigenvalue weighted by Crippen LogP contribution is 2.45. The van der Waals surface area contributed by atoms with Gasteiger partial charge in [0, 0.05) is 45.4 Å². The number of fused-ring (bicyclic) bond motifs is 3. The molecule has 0 saturated carbocycles. The predicted molar refractivity (Wildman–Crippen MR) is 167 cm³/mol. The zero-order valence-electron chi connectivity index (χ0n) is 25.0. The second kappa shape index (κ2) is 13.2. The van der Waals surface area contributed by atoms with E-state index in [9.17, 15) is 22.7 Å². The number of carboxylic acids is 1. The van der Waals surface area contributed by atoms with Crippen LogP contribution in [0.2, 0.25) is 25.7 Å². The summed E-state index contributed by atoms with van der Waals surface area (Å²) < 4.78 is 66.8. The van der Waals surface area contributed by atoms with Crippen LogP contribution in [0.3, 0.4) is 0 Å². The largest absolute Gasteiger partial charge is 0.484 e. The molecule has 3 heterocycles. The van der Waals surface area contributed by atoms with Gasteiger partial charge >= 0.3 is 5.97 Å². The summed E-state index contributed by atoms with van der Waals surface area (Å²) in [5, 5.41) is 10.4. The number of nitrogens with zero attached hydrogens (tertiary/aromatic N) is 2. The number of hydrogen-bond acceptors (Lipinski definition) is 8. The summed E-state index contributed by atoms with van der Waals surface area (Å²) in [6.07, 6.45) is 4.85. The number of ether oxygens (including phenoxy) is 3. The fourth-order valence-electron chi connectivity index (χ4n) is 5.09. The molecular weight excluding hydrogens is 607 g/mol. The molecule has 1 aromatic heterocycles. The fourth-order valence-corrected chi connectivity index (χ4v) is 7.37. The lowest BCUT2D eigenvalue weighted by Crippen LogP contribution is -2.36. The maximum absolute atomic E-state index is 14.5. The second-order valence-electron chi connectivity index (χ2n) is 11.9. The molecule has 1 saturated heterocycles. The van der Waals surface area contributed by atoms with Crippen LogP contribution in [-0.2, 0) is 26.1 Å². The highest BCUT2D eigenvalue weighted by atomic mass is 32.2. The molecule has 0 aliphatic carbocycles. The number of carbonyl (C=O) groups is 1. The van der Waals surface area contributed by atoms with Crippen LogP contribution in [0.25, 0.3) is 17.2 Å². The summed E-state index contributed by atoms with van der Waals surface area (Å²) in [5.74, 6) is -1.38. The van der Waals surface area contributed by atoms with Crippen LogP contribution in [0.15, 0.2) is 58.1 Å². The van der Waals surface area contributed by atoms with Crippen molar-refractivity contribution in [1.29, 1.82) is 0 Å². The molecule has 44 heavy (non-hydrogen) atoms. The molecule has 13 heteroatoms. The summed E-state index contributed by atoms with van der Waals surface area (Å²) in [5.41, 5.74) is 0.848. The van der Waals surface area contributed by atoms with Crippen molar-refractivity contribution in [1.82, 2.24) is 4.90 Å². The Kier molecular flexibility index (Phi) is 9.61. The summed E-state index contributed by atoms with van der Waals surface area (Å²) in [4.78, 5) is 14.7. The Morgan fingerprint density at radius 2 is 1.91 bits per heavy atom. The number of aromatic carboxylic acids is 1. The number of rotatable bonds is 12. The van der Waals surface area contributed by atoms with Gasteiger partial charge in [0.15, 0.2) is 0 Å². The van der Waals surface area contributed by atoms with Crippen molar-refractivity contribution in [2.75, 3.05) is 50.5 Å². The highest BCUT2D eigenvalue weighted by Gasteiger charge is 2.35. The van der Waals surface area contributed by atoms with Crippen LogP contribution in [0.5, 0.6) is 5.75 Å². The first-order chi connectivity index (χ1) is 21.0. The minimum Gasteiger partial charge on any atom is -0.484 e. The number of anilines is 1. The second-order valence-corrected chi connectivity index (χ2v) is 19.3. The molecule has 5 rings (SSSR count). The van der Waals surface area contributed by atoms with Gasteiger partial charge in [0.2, 0.25) is 0 Å². The zero-order valence-corrected chi connectivity index (χ0v) is 26.9. The number of hydrogen-bond donors (Lipinski definition) is 1. The lowest BCUT2D eigenvalue weighted by molar-refractivity contribution is 0.0435. The van der Waals surface area contributed by atoms with E-state index in [0.717, 1.165) is 35.6 Å². The molecule has 2 aliphatic rings. The lowest BCUT2D eigenvalue weighted by Gasteiger charge is -2.29. The van der Waals surface area contributed by atoms with E-state index in [0.29, 0.717) is 43.3 Å². The highest BCUT2D eigenvalue weighted by molar-refractivity contribution is 7.93. The van der Waals surface area contributed by atoms with E-state index in [-0.39, 0.29) is 34.1 Å². The van der Waals surface area contributed by atoms with Crippen molar-refractivity contribution in [2.45, 2.75) is 37.2 Å². The minimum absolute atomic E-state index is 0.00538. The molecule has 10 nitrogen and oxygen atoms in total. The number of halogens is 1. The molecule has 3 aromatic rings. The van der Waals surface area contributed by atoms with E-state index in [2.05, 4.69) is 24.5 Å². The summed E-state index contributed by atoms with van der Waals surface area (Å²) >= 11 is 0. The van der Waals surface area contributed by atoms with Gasteiger partial charge in [-0.2, -0.15) is 0 Å². The van der Waals surface area contributed by atoms with Crippen LogP contribution < -0.4 is 9.04 Å². The Morgan fingerprint density at radius 1 is 1.14 bits per heavy atom. The predicted octanol–water partition coefficient (Wildman–Crippen LogP) is 5.53. The van der Waals surface area contributed by atoms with Gasteiger partial charge in [0.1, 0.15) is 36.2 Å². The fraction of sp³-hybridized carbons (Fsp3) is 0.387. The first-order valence-corrected chi connectivity index (χ1v) is 19.6. The molecule has 0 spiro atoms. The van der Waals surface area contributed by atoms with E-state index >= 15 is 0 Å². The standard InChI is InChI=1S/C31H37FN2O8SSi/c1-44(2,3)18-17-40-21-34(26-8-7-25-24-10-14-41-27(24)20-42-30(25)29(26)31(35)36)43(37,38)28-9-6-23(32)19-22(28)5-4-11-33-12-15-39-16-13-33/h4-10,14,19H,11-13,15-18,20-21H2,1-3H3,(H,35,36)/b5-4-. The van der Waals surface area contributed by atoms with Crippen LogP contribution in [-0.4, -0.2) is 78.7 Å². The van der Waals surface area contributed by atoms with Crippen LogP contribution in [0, 0.1) is 5.82 Å². The molecule has 2 aromatic carbocycles. The summed E-state index contributed by atoms with van der Waals surface area (Å²) in [7, 11) is -5.99. The normalized spacial score (nSPS) is 15.5. The topological polar surface area (TPSA) is 119 Å². The van der Waals surface area contributed by atoms with E-state index in [1.54, 1.807) is 24.3 Å². The van der Waals surface area contributed by atoms with E-state index in [1.807, 2.05) is 0 Å². The number of benzene rings is 2. The SMILES string of the molecule is C[Si](C)(C)CCOCN(c1ccc2c(c1C(=O)O)OCc1occc1-2)S(=O)(=O)c1ccc(F)cc1/C=C\CN1CCOCC1. The van der Waals surface area contributed by atoms with Gasteiger partial charge in [-0.3, -0.25) is 4.90 Å². The summed E-state index contributed by atoms with van der Waals surface area (Å²) in [6.45, 7) is 9.58. The van der Waals surface area contributed by atoms with E-state index in [4.69, 9.17) is 18.6 Å². The van der Waals surface area contributed by atoms with Gasteiger partial charge < -0.3 is 23.7 Å². The Hall–Kier alpha value is -3.49. The van der Waals surface area contributed by atoms with Crippen LogP contribution in [0.4, 0.5) is 10.1 Å². The molecular formula is C31H37FN2O8SSi. The maximum atomic E-state index is 14.5. The third-order valence-electron chi connectivity index (χ3n) is 7.51. The summed E-state index contributed by atoms with van der Waals surface area (Å²) in [6, 6.07) is 8.96. The third-order valence-corrected chi connectivity index (χ3v) is 11.0. The Labute approximate surface area is 257 Å². The Morgan fingerprint density at radius 3 is 2.64 bits per heavy atom. The van der Waals surface area contributed by atoms with Crippen molar-refractivity contribution >= 4 is 35.8 Å². The minimum atomic E-state index is -4.47. The lowest BCUT2D eigenvalue weighted by atomic mass is 9.98. The van der Waals surface area contributed by atoms with Crippen molar-refractivity contribution in [3.63, 3.8) is 0 Å². The van der Waals surface area contributed by atoms with Gasteiger partial charge in [-0.25, -0.2) is 21.9 Å². The van der Waals surface area contributed by atoms with Crippen molar-refractivity contribution in [3.05, 3.63) is 71.4 Å². The van der Waals surface area contributed by atoms with Gasteiger partial charge in [0.05, 0.1) is 30.1 Å². The number of furan rings is 1. The number of sulfonamides is 1. The van der Waals surface area contributed by atoms with Crippen LogP contribution >= 0.6 is 0 Å². The van der Waals surface area contributed by atoms with Gasteiger partial charge in [-0.05, 0) is 48.0 Å². The maximum Gasteiger partial charge on any atom is 0.341 e. The van der Waals surface area contributed by atoms with Gasteiger partial charge in [0.25, 0.3) is 10.0 Å². The first-order valence-electron chi connectivity index (χ1n) is 14.4. The van der Waals surface area contributed by atoms with Crippen molar-refractivity contribution in [2.24, 2.45) is 0 Å². The quantitative estimate of drug-likeness (QED) is 0.154. The number of morpholine rings is 1. The van der Waals surface area contributed by atoms with Gasteiger partial charge in [-0.15, -0.1) is 0 Å². The molecule has 0 radical (unpaired) electrons. The van der Waals surface area contributed by atoms with E-state index < -0.39 is 36.6 Å². The number of carboxylic acid groups (broad SMARTS) is 1. The Bertz CT molecular complexity index is 1640. The molecule has 236 valence electrons. The van der Waals surface area contributed by atoms with E-state index in [1.165, 1.54) is 18.4 Å². The monoisotopic (exact) mass is 644 g/mol. The molecule has 0 atom stereocenters. The average Bonchev–Trinajstić information content (AvgIpc) is 3.46. The molecule has 0 bridgehead atoms. The molecule has 2 aliphatic heterocycles. The smallest absolute Gasteiger partial charge is 0.341 e. The Balaban J connectivity index is 1.56. The average molecular weight is 645 g/mol. The molecule has 1 fully saturated rings. The van der Waals surface area contributed by atoms with Crippen molar-refractivity contribution in [3.8, 4) is 16.9 Å². The molecule has 0 unspecified atom stereocenters.